The minimum absolute atomic E-state index is 0.0502. The molecule has 0 aliphatic rings. The fraction of sp³-hybridized carbons (Fsp3) is 0.294. The largest absolute Gasteiger partial charge is 0.481 e. The number of thioether (sulfide) groups is 1. The summed E-state index contributed by atoms with van der Waals surface area (Å²) < 4.78 is 5.72. The molecule has 0 fully saturated rings. The Bertz CT molecular complexity index is 602. The molecule has 1 atom stereocenters. The summed E-state index contributed by atoms with van der Waals surface area (Å²) >= 11 is 1.67. The van der Waals surface area contributed by atoms with Gasteiger partial charge in [0, 0.05) is 30.9 Å². The molecule has 2 rings (SSSR count). The topological polar surface area (TPSA) is 42.4 Å². The summed E-state index contributed by atoms with van der Waals surface area (Å²) in [4.78, 5) is 19.2. The van der Waals surface area contributed by atoms with Crippen LogP contribution >= 0.6 is 11.8 Å². The number of hydrogen-bond acceptors (Lipinski definition) is 4. The monoisotopic (exact) mass is 316 g/mol. The molecule has 1 heterocycles. The first-order chi connectivity index (χ1) is 10.6. The third-order valence-corrected chi connectivity index (χ3v) is 4.01. The van der Waals surface area contributed by atoms with Gasteiger partial charge in [-0.2, -0.15) is 0 Å². The molecule has 1 amide bonds. The molecule has 0 bridgehead atoms. The summed E-state index contributed by atoms with van der Waals surface area (Å²) in [6.45, 7) is 2.31. The number of carbonyl (C=O) groups excluding carboxylic acids is 1. The Morgan fingerprint density at radius 1 is 1.23 bits per heavy atom. The quantitative estimate of drug-likeness (QED) is 0.767. The van der Waals surface area contributed by atoms with Crippen molar-refractivity contribution in [3.05, 3.63) is 54.4 Å². The second-order valence-corrected chi connectivity index (χ2v) is 5.87. The number of amides is 1. The number of ether oxygens (including phenoxy) is 1. The molecule has 0 unspecified atom stereocenters. The molecular weight excluding hydrogens is 296 g/mol. The number of benzene rings is 1. The summed E-state index contributed by atoms with van der Waals surface area (Å²) in [7, 11) is 1.78. The highest BCUT2D eigenvalue weighted by Gasteiger charge is 2.19. The SMILES string of the molecule is CSc1ccc(O[C@@H](C)C(=O)N(C)Cc2ccncc2)cc1. The van der Waals surface area contributed by atoms with E-state index in [4.69, 9.17) is 4.74 Å². The van der Waals surface area contributed by atoms with E-state index in [-0.39, 0.29) is 5.91 Å². The molecule has 1 aromatic heterocycles. The Kier molecular flexibility index (Phi) is 5.83. The molecule has 0 radical (unpaired) electrons. The van der Waals surface area contributed by atoms with E-state index < -0.39 is 6.10 Å². The van der Waals surface area contributed by atoms with Gasteiger partial charge in [0.25, 0.3) is 5.91 Å². The van der Waals surface area contributed by atoms with E-state index in [2.05, 4.69) is 4.98 Å². The molecule has 0 aliphatic carbocycles. The number of likely N-dealkylation sites (N-methyl/N-ethyl adjacent to an activating group) is 1. The van der Waals surface area contributed by atoms with Crippen molar-refractivity contribution in [3.8, 4) is 5.75 Å². The van der Waals surface area contributed by atoms with Crippen LogP contribution in [0.1, 0.15) is 12.5 Å². The highest BCUT2D eigenvalue weighted by atomic mass is 32.2. The van der Waals surface area contributed by atoms with Crippen LogP contribution in [0.3, 0.4) is 0 Å². The number of hydrogen-bond donors (Lipinski definition) is 0. The van der Waals surface area contributed by atoms with Gasteiger partial charge in [0.15, 0.2) is 6.10 Å². The summed E-state index contributed by atoms with van der Waals surface area (Å²) in [6.07, 6.45) is 4.95. The Morgan fingerprint density at radius 2 is 1.86 bits per heavy atom. The summed E-state index contributed by atoms with van der Waals surface area (Å²) in [5, 5.41) is 0. The first-order valence-corrected chi connectivity index (χ1v) is 8.27. The van der Waals surface area contributed by atoms with Crippen LogP contribution in [0.25, 0.3) is 0 Å². The van der Waals surface area contributed by atoms with Crippen LogP contribution in [-0.2, 0) is 11.3 Å². The average molecular weight is 316 g/mol. The molecule has 0 N–H and O–H groups in total. The van der Waals surface area contributed by atoms with Crippen molar-refractivity contribution < 1.29 is 9.53 Å². The van der Waals surface area contributed by atoms with E-state index in [1.165, 1.54) is 4.90 Å². The van der Waals surface area contributed by atoms with Gasteiger partial charge in [-0.3, -0.25) is 9.78 Å². The van der Waals surface area contributed by atoms with Crippen LogP contribution in [-0.4, -0.2) is 35.2 Å². The first-order valence-electron chi connectivity index (χ1n) is 7.04. The average Bonchev–Trinajstić information content (AvgIpc) is 2.55. The molecule has 4 nitrogen and oxygen atoms in total. The number of aromatic nitrogens is 1. The van der Waals surface area contributed by atoms with Gasteiger partial charge < -0.3 is 9.64 Å². The van der Waals surface area contributed by atoms with Crippen molar-refractivity contribution in [2.24, 2.45) is 0 Å². The van der Waals surface area contributed by atoms with Crippen molar-refractivity contribution in [1.82, 2.24) is 9.88 Å². The fourth-order valence-corrected chi connectivity index (χ4v) is 2.47. The zero-order chi connectivity index (χ0) is 15.9. The number of nitrogens with zero attached hydrogens (tertiary/aromatic N) is 2. The van der Waals surface area contributed by atoms with Crippen LogP contribution in [0.2, 0.25) is 0 Å². The lowest BCUT2D eigenvalue weighted by molar-refractivity contribution is -0.137. The number of pyridine rings is 1. The van der Waals surface area contributed by atoms with Crippen molar-refractivity contribution in [2.45, 2.75) is 24.5 Å². The van der Waals surface area contributed by atoms with Gasteiger partial charge >= 0.3 is 0 Å². The lowest BCUT2D eigenvalue weighted by Crippen LogP contribution is -2.37. The highest BCUT2D eigenvalue weighted by molar-refractivity contribution is 7.98. The molecule has 1 aromatic carbocycles. The van der Waals surface area contributed by atoms with E-state index in [1.54, 1.807) is 43.0 Å². The number of rotatable bonds is 6. The van der Waals surface area contributed by atoms with Gasteiger partial charge in [0.05, 0.1) is 0 Å². The standard InChI is InChI=1S/C17H20N2O2S/c1-13(21-15-4-6-16(22-3)7-5-15)17(20)19(2)12-14-8-10-18-11-9-14/h4-11,13H,12H2,1-3H3/t13-/m0/s1. The maximum Gasteiger partial charge on any atom is 0.263 e. The smallest absolute Gasteiger partial charge is 0.263 e. The van der Waals surface area contributed by atoms with Crippen molar-refractivity contribution in [1.29, 1.82) is 0 Å². The second-order valence-electron chi connectivity index (χ2n) is 4.99. The summed E-state index contributed by atoms with van der Waals surface area (Å²) in [5.41, 5.74) is 1.04. The van der Waals surface area contributed by atoms with Gasteiger partial charge in [-0.05, 0) is 55.1 Å². The molecule has 0 spiro atoms. The maximum atomic E-state index is 12.4. The van der Waals surface area contributed by atoms with Gasteiger partial charge in [-0.15, -0.1) is 11.8 Å². The van der Waals surface area contributed by atoms with Gasteiger partial charge in [0.1, 0.15) is 5.75 Å². The molecule has 2 aromatic rings. The Labute approximate surface area is 135 Å². The van der Waals surface area contributed by atoms with Crippen LogP contribution < -0.4 is 4.74 Å². The second kappa shape index (κ2) is 7.84. The molecular formula is C17H20N2O2S. The molecule has 5 heteroatoms. The molecule has 22 heavy (non-hydrogen) atoms. The highest BCUT2D eigenvalue weighted by Crippen LogP contribution is 2.20. The van der Waals surface area contributed by atoms with Gasteiger partial charge in [0.2, 0.25) is 0 Å². The van der Waals surface area contributed by atoms with Crippen LogP contribution in [0.4, 0.5) is 0 Å². The van der Waals surface area contributed by atoms with E-state index in [0.29, 0.717) is 12.3 Å². The van der Waals surface area contributed by atoms with Gasteiger partial charge in [-0.1, -0.05) is 0 Å². The van der Waals surface area contributed by atoms with E-state index in [9.17, 15) is 4.79 Å². The Morgan fingerprint density at radius 3 is 2.45 bits per heavy atom. The van der Waals surface area contributed by atoms with E-state index >= 15 is 0 Å². The third-order valence-electron chi connectivity index (χ3n) is 3.27. The van der Waals surface area contributed by atoms with Crippen LogP contribution in [0.5, 0.6) is 5.75 Å². The number of carbonyl (C=O) groups is 1. The predicted octanol–water partition coefficient (Wildman–Crippen LogP) is 3.23. The Hall–Kier alpha value is -2.01. The molecule has 0 saturated heterocycles. The zero-order valence-electron chi connectivity index (χ0n) is 13.0. The Balaban J connectivity index is 1.93. The van der Waals surface area contributed by atoms with Crippen molar-refractivity contribution in [3.63, 3.8) is 0 Å². The van der Waals surface area contributed by atoms with E-state index in [0.717, 1.165) is 5.56 Å². The lowest BCUT2D eigenvalue weighted by atomic mass is 10.2. The normalized spacial score (nSPS) is 11.8. The molecule has 0 aliphatic heterocycles. The van der Waals surface area contributed by atoms with E-state index in [1.807, 2.05) is 42.7 Å². The lowest BCUT2D eigenvalue weighted by Gasteiger charge is -2.22. The molecule has 116 valence electrons. The van der Waals surface area contributed by atoms with Crippen molar-refractivity contribution >= 4 is 17.7 Å². The molecule has 0 saturated carbocycles. The predicted molar refractivity (Wildman–Crippen MR) is 89.0 cm³/mol. The first kappa shape index (κ1) is 16.4. The van der Waals surface area contributed by atoms with Gasteiger partial charge in [-0.25, -0.2) is 0 Å². The van der Waals surface area contributed by atoms with Crippen LogP contribution in [0, 0.1) is 0 Å². The minimum atomic E-state index is -0.521. The maximum absolute atomic E-state index is 12.4. The third kappa shape index (κ3) is 4.49. The van der Waals surface area contributed by atoms with Crippen molar-refractivity contribution in [2.75, 3.05) is 13.3 Å². The summed E-state index contributed by atoms with van der Waals surface area (Å²) in [6, 6.07) is 11.5. The fourth-order valence-electron chi connectivity index (χ4n) is 2.06. The zero-order valence-corrected chi connectivity index (χ0v) is 13.8. The summed E-state index contributed by atoms with van der Waals surface area (Å²) in [5.74, 6) is 0.654. The van der Waals surface area contributed by atoms with Crippen LogP contribution in [0.15, 0.2) is 53.7 Å². The minimum Gasteiger partial charge on any atom is -0.481 e.